The van der Waals surface area contributed by atoms with E-state index in [0.717, 1.165) is 0 Å². The molecule has 4 heteroatoms. The molecule has 1 unspecified atom stereocenters. The molecular weight excluding hydrogens is 172 g/mol. The lowest BCUT2D eigenvalue weighted by molar-refractivity contribution is -0.163. The van der Waals surface area contributed by atoms with Crippen LogP contribution in [0.15, 0.2) is 0 Å². The number of carbonyl (C=O) groups excluding carboxylic acids is 2. The highest BCUT2D eigenvalue weighted by molar-refractivity contribution is 6.00. The highest BCUT2D eigenvalue weighted by Crippen LogP contribution is 2.02. The molecule has 0 fully saturated rings. The van der Waals surface area contributed by atoms with E-state index in [4.69, 9.17) is 4.74 Å². The number of ketones is 1. The Morgan fingerprint density at radius 2 is 1.85 bits per heavy atom. The van der Waals surface area contributed by atoms with E-state index in [1.165, 1.54) is 6.92 Å². The maximum atomic E-state index is 11.2. The SMILES string of the molecule is CCOC(=O)C(OC(C)C)C(C)=O. The zero-order valence-corrected chi connectivity index (χ0v) is 8.49. The summed E-state index contributed by atoms with van der Waals surface area (Å²) in [6.45, 7) is 6.77. The van der Waals surface area contributed by atoms with Crippen LogP contribution in [-0.4, -0.2) is 30.6 Å². The van der Waals surface area contributed by atoms with Gasteiger partial charge in [-0.3, -0.25) is 4.79 Å². The number of hydrogen-bond acceptors (Lipinski definition) is 4. The molecule has 0 bridgehead atoms. The van der Waals surface area contributed by atoms with Gasteiger partial charge in [0.05, 0.1) is 12.7 Å². The van der Waals surface area contributed by atoms with Crippen LogP contribution in [-0.2, 0) is 19.1 Å². The number of ether oxygens (including phenoxy) is 2. The number of hydrogen-bond donors (Lipinski definition) is 0. The van der Waals surface area contributed by atoms with Gasteiger partial charge in [-0.2, -0.15) is 0 Å². The third kappa shape index (κ3) is 4.62. The Kier molecular flexibility index (Phi) is 5.30. The quantitative estimate of drug-likeness (QED) is 0.475. The third-order valence-corrected chi connectivity index (χ3v) is 1.28. The predicted molar refractivity (Wildman–Crippen MR) is 47.3 cm³/mol. The van der Waals surface area contributed by atoms with Crippen LogP contribution in [0.25, 0.3) is 0 Å². The molecule has 4 nitrogen and oxygen atoms in total. The van der Waals surface area contributed by atoms with Gasteiger partial charge in [-0.25, -0.2) is 4.79 Å². The number of esters is 1. The van der Waals surface area contributed by atoms with Gasteiger partial charge in [0.15, 0.2) is 5.78 Å². The van der Waals surface area contributed by atoms with E-state index >= 15 is 0 Å². The Morgan fingerprint density at radius 3 is 2.15 bits per heavy atom. The van der Waals surface area contributed by atoms with Gasteiger partial charge in [-0.1, -0.05) is 0 Å². The van der Waals surface area contributed by atoms with Crippen molar-refractivity contribution in [3.8, 4) is 0 Å². The van der Waals surface area contributed by atoms with Gasteiger partial charge in [-0.05, 0) is 27.7 Å². The second-order valence-electron chi connectivity index (χ2n) is 2.93. The molecule has 0 aliphatic heterocycles. The van der Waals surface area contributed by atoms with Crippen LogP contribution in [0.3, 0.4) is 0 Å². The molecule has 1 atom stereocenters. The Morgan fingerprint density at radius 1 is 1.31 bits per heavy atom. The molecule has 0 heterocycles. The maximum Gasteiger partial charge on any atom is 0.343 e. The second-order valence-corrected chi connectivity index (χ2v) is 2.93. The molecule has 76 valence electrons. The number of rotatable bonds is 5. The molecule has 0 saturated heterocycles. The van der Waals surface area contributed by atoms with Crippen molar-refractivity contribution in [3.63, 3.8) is 0 Å². The van der Waals surface area contributed by atoms with Crippen LogP contribution in [0.4, 0.5) is 0 Å². The summed E-state index contributed by atoms with van der Waals surface area (Å²) in [5, 5.41) is 0. The lowest BCUT2D eigenvalue weighted by Crippen LogP contribution is -2.35. The van der Waals surface area contributed by atoms with Crippen molar-refractivity contribution in [1.29, 1.82) is 0 Å². The second kappa shape index (κ2) is 5.70. The summed E-state index contributed by atoms with van der Waals surface area (Å²) in [6.07, 6.45) is -1.24. The van der Waals surface area contributed by atoms with Crippen LogP contribution in [0.2, 0.25) is 0 Å². The number of carbonyl (C=O) groups is 2. The summed E-state index contributed by atoms with van der Waals surface area (Å²) in [4.78, 5) is 22.1. The minimum absolute atomic E-state index is 0.168. The van der Waals surface area contributed by atoms with Gasteiger partial charge in [0.1, 0.15) is 0 Å². The van der Waals surface area contributed by atoms with Crippen LogP contribution in [0.1, 0.15) is 27.7 Å². The van der Waals surface area contributed by atoms with E-state index < -0.39 is 12.1 Å². The van der Waals surface area contributed by atoms with Crippen molar-refractivity contribution in [1.82, 2.24) is 0 Å². The topological polar surface area (TPSA) is 52.6 Å². The van der Waals surface area contributed by atoms with Gasteiger partial charge < -0.3 is 9.47 Å². The smallest absolute Gasteiger partial charge is 0.343 e. The minimum atomic E-state index is -1.07. The average molecular weight is 188 g/mol. The molecule has 13 heavy (non-hydrogen) atoms. The fourth-order valence-electron chi connectivity index (χ4n) is 0.807. The molecule has 0 aliphatic carbocycles. The Labute approximate surface area is 78.2 Å². The Bertz CT molecular complexity index is 186. The lowest BCUT2D eigenvalue weighted by Gasteiger charge is -2.15. The van der Waals surface area contributed by atoms with Crippen LogP contribution in [0, 0.1) is 0 Å². The van der Waals surface area contributed by atoms with Gasteiger partial charge in [0.2, 0.25) is 6.10 Å². The highest BCUT2D eigenvalue weighted by atomic mass is 16.6. The first-order valence-corrected chi connectivity index (χ1v) is 4.31. The molecule has 0 rings (SSSR count). The monoisotopic (exact) mass is 188 g/mol. The largest absolute Gasteiger partial charge is 0.464 e. The average Bonchev–Trinajstić information content (AvgIpc) is 1.99. The van der Waals surface area contributed by atoms with Crippen molar-refractivity contribution in [2.24, 2.45) is 0 Å². The van der Waals surface area contributed by atoms with Crippen LogP contribution < -0.4 is 0 Å². The highest BCUT2D eigenvalue weighted by Gasteiger charge is 2.26. The molecule has 0 aromatic heterocycles. The van der Waals surface area contributed by atoms with E-state index in [0.29, 0.717) is 0 Å². The summed E-state index contributed by atoms with van der Waals surface area (Å²) in [7, 11) is 0. The van der Waals surface area contributed by atoms with E-state index in [-0.39, 0.29) is 18.5 Å². The summed E-state index contributed by atoms with van der Waals surface area (Å²) >= 11 is 0. The van der Waals surface area contributed by atoms with E-state index in [9.17, 15) is 9.59 Å². The molecule has 0 spiro atoms. The molecule has 0 radical (unpaired) electrons. The van der Waals surface area contributed by atoms with Crippen molar-refractivity contribution < 1.29 is 19.1 Å². The fourth-order valence-corrected chi connectivity index (χ4v) is 0.807. The lowest BCUT2D eigenvalue weighted by atomic mass is 10.2. The van der Waals surface area contributed by atoms with Gasteiger partial charge >= 0.3 is 5.97 Å². The third-order valence-electron chi connectivity index (χ3n) is 1.28. The minimum Gasteiger partial charge on any atom is -0.464 e. The van der Waals surface area contributed by atoms with Crippen molar-refractivity contribution in [3.05, 3.63) is 0 Å². The summed E-state index contributed by atoms with van der Waals surface area (Å²) in [5.74, 6) is -0.934. The van der Waals surface area contributed by atoms with Crippen molar-refractivity contribution >= 4 is 11.8 Å². The van der Waals surface area contributed by atoms with Crippen molar-refractivity contribution in [2.75, 3.05) is 6.61 Å². The van der Waals surface area contributed by atoms with Crippen molar-refractivity contribution in [2.45, 2.75) is 39.9 Å². The van der Waals surface area contributed by atoms with Crippen LogP contribution in [0.5, 0.6) is 0 Å². The zero-order valence-electron chi connectivity index (χ0n) is 8.49. The first kappa shape index (κ1) is 12.1. The van der Waals surface area contributed by atoms with Crippen LogP contribution >= 0.6 is 0 Å². The van der Waals surface area contributed by atoms with E-state index in [1.54, 1.807) is 20.8 Å². The molecule has 0 saturated carbocycles. The Hall–Kier alpha value is -0.900. The molecule has 0 aromatic carbocycles. The zero-order chi connectivity index (χ0) is 10.4. The molecule has 0 aromatic rings. The Balaban J connectivity index is 4.24. The van der Waals surface area contributed by atoms with Gasteiger partial charge in [-0.15, -0.1) is 0 Å². The number of Topliss-reactive ketones (excluding diaryl/α,β-unsaturated/α-hetero) is 1. The fraction of sp³-hybridized carbons (Fsp3) is 0.778. The molecule has 0 amide bonds. The van der Waals surface area contributed by atoms with Gasteiger partial charge in [0, 0.05) is 0 Å². The van der Waals surface area contributed by atoms with E-state index in [2.05, 4.69) is 4.74 Å². The molecule has 0 aliphatic rings. The van der Waals surface area contributed by atoms with E-state index in [1.807, 2.05) is 0 Å². The first-order valence-electron chi connectivity index (χ1n) is 4.31. The summed E-state index contributed by atoms with van der Waals surface area (Å²) in [5.41, 5.74) is 0. The predicted octanol–water partition coefficient (Wildman–Crippen LogP) is 0.932. The first-order chi connectivity index (χ1) is 5.99. The normalized spacial score (nSPS) is 12.7. The van der Waals surface area contributed by atoms with Gasteiger partial charge in [0.25, 0.3) is 0 Å². The molecule has 0 N–H and O–H groups in total. The summed E-state index contributed by atoms with van der Waals surface area (Å²) in [6, 6.07) is 0. The summed E-state index contributed by atoms with van der Waals surface area (Å²) < 4.78 is 9.78. The standard InChI is InChI=1S/C9H16O4/c1-5-12-9(11)8(7(4)10)13-6(2)3/h6,8H,5H2,1-4H3. The molecular formula is C9H16O4. The maximum absolute atomic E-state index is 11.2.